The molecule has 1 heterocycles. The molecule has 0 saturated carbocycles. The zero-order valence-electron chi connectivity index (χ0n) is 15.2. The van der Waals surface area contributed by atoms with Crippen LogP contribution in [0.5, 0.6) is 0 Å². The van der Waals surface area contributed by atoms with Crippen molar-refractivity contribution < 1.29 is 4.79 Å². The summed E-state index contributed by atoms with van der Waals surface area (Å²) < 4.78 is 0. The molecule has 138 valence electrons. The van der Waals surface area contributed by atoms with E-state index in [0.29, 0.717) is 23.0 Å². The summed E-state index contributed by atoms with van der Waals surface area (Å²) in [5.74, 6) is 1.16. The fraction of sp³-hybridized carbons (Fsp3) is 0.0870. The summed E-state index contributed by atoms with van der Waals surface area (Å²) in [5, 5.41) is 4.98. The van der Waals surface area contributed by atoms with Gasteiger partial charge in [0, 0.05) is 17.5 Å². The lowest BCUT2D eigenvalue weighted by molar-refractivity contribution is 0.102. The number of nitrogens with zero attached hydrogens (tertiary/aromatic N) is 2. The highest BCUT2D eigenvalue weighted by atomic mass is 32.2. The maximum atomic E-state index is 12.4. The minimum Gasteiger partial charge on any atom is -0.365 e. The summed E-state index contributed by atoms with van der Waals surface area (Å²) in [6, 6.07) is 27.4. The van der Waals surface area contributed by atoms with E-state index in [4.69, 9.17) is 0 Å². The summed E-state index contributed by atoms with van der Waals surface area (Å²) >= 11 is 1.36. The van der Waals surface area contributed by atoms with E-state index < -0.39 is 0 Å². The molecule has 0 atom stereocenters. The number of rotatable bonds is 7. The van der Waals surface area contributed by atoms with Crippen LogP contribution in [-0.2, 0) is 6.54 Å². The largest absolute Gasteiger partial charge is 0.365 e. The first-order chi connectivity index (χ1) is 13.8. The molecule has 0 aliphatic rings. The highest BCUT2D eigenvalue weighted by molar-refractivity contribution is 7.99. The maximum Gasteiger partial charge on any atom is 0.190 e. The number of fused-ring (bicyclic) bond motifs is 1. The van der Waals surface area contributed by atoms with Crippen LogP contribution in [0.2, 0.25) is 0 Å². The molecule has 4 rings (SSSR count). The number of aromatic nitrogens is 2. The lowest BCUT2D eigenvalue weighted by Crippen LogP contribution is -2.06. The molecule has 0 radical (unpaired) electrons. The van der Waals surface area contributed by atoms with Gasteiger partial charge in [0.05, 0.1) is 11.3 Å². The number of thioether (sulfide) groups is 1. The van der Waals surface area contributed by atoms with Gasteiger partial charge in [-0.15, -0.1) is 0 Å². The fourth-order valence-corrected chi connectivity index (χ4v) is 3.62. The topological polar surface area (TPSA) is 54.9 Å². The molecular weight excluding hydrogens is 366 g/mol. The van der Waals surface area contributed by atoms with Crippen LogP contribution in [0.25, 0.3) is 10.9 Å². The number of Topliss-reactive ketones (excluding diaryl/α,β-unsaturated/α-hetero) is 1. The summed E-state index contributed by atoms with van der Waals surface area (Å²) in [7, 11) is 0. The highest BCUT2D eigenvalue weighted by Crippen LogP contribution is 2.25. The molecule has 0 amide bonds. The first-order valence-corrected chi connectivity index (χ1v) is 10.0. The minimum absolute atomic E-state index is 0.0705. The van der Waals surface area contributed by atoms with E-state index in [1.54, 1.807) is 0 Å². The van der Waals surface area contributed by atoms with Gasteiger partial charge in [-0.2, -0.15) is 0 Å². The van der Waals surface area contributed by atoms with Crippen molar-refractivity contribution in [1.82, 2.24) is 9.97 Å². The third-order valence-electron chi connectivity index (χ3n) is 4.31. The number of nitrogens with one attached hydrogen (secondary N) is 1. The third-order valence-corrected chi connectivity index (χ3v) is 5.16. The van der Waals surface area contributed by atoms with E-state index >= 15 is 0 Å². The maximum absolute atomic E-state index is 12.4. The summed E-state index contributed by atoms with van der Waals surface area (Å²) in [5.41, 5.74) is 2.75. The molecule has 28 heavy (non-hydrogen) atoms. The first kappa shape index (κ1) is 18.2. The van der Waals surface area contributed by atoms with E-state index in [0.717, 1.165) is 16.7 Å². The normalized spacial score (nSPS) is 10.7. The predicted octanol–water partition coefficient (Wildman–Crippen LogP) is 5.22. The number of hydrogen-bond acceptors (Lipinski definition) is 5. The first-order valence-electron chi connectivity index (χ1n) is 9.05. The van der Waals surface area contributed by atoms with Gasteiger partial charge in [0.1, 0.15) is 5.82 Å². The van der Waals surface area contributed by atoms with E-state index in [-0.39, 0.29) is 5.78 Å². The summed E-state index contributed by atoms with van der Waals surface area (Å²) in [4.78, 5) is 21.7. The van der Waals surface area contributed by atoms with Crippen LogP contribution >= 0.6 is 11.8 Å². The van der Waals surface area contributed by atoms with Gasteiger partial charge in [-0.25, -0.2) is 9.97 Å². The van der Waals surface area contributed by atoms with Gasteiger partial charge in [-0.1, -0.05) is 84.6 Å². The Bertz CT molecular complexity index is 1080. The Kier molecular flexibility index (Phi) is 5.64. The minimum atomic E-state index is 0.0705. The quantitative estimate of drug-likeness (QED) is 0.269. The second-order valence-electron chi connectivity index (χ2n) is 6.29. The molecule has 3 aromatic carbocycles. The van der Waals surface area contributed by atoms with Crippen molar-refractivity contribution in [2.75, 3.05) is 11.1 Å². The number of hydrogen-bond donors (Lipinski definition) is 1. The van der Waals surface area contributed by atoms with Crippen LogP contribution in [0.1, 0.15) is 15.9 Å². The molecular formula is C23H19N3OS. The van der Waals surface area contributed by atoms with Gasteiger partial charge < -0.3 is 5.32 Å². The van der Waals surface area contributed by atoms with Crippen molar-refractivity contribution in [2.24, 2.45) is 0 Å². The molecule has 4 aromatic rings. The Morgan fingerprint density at radius 2 is 1.50 bits per heavy atom. The molecule has 0 unspecified atom stereocenters. The van der Waals surface area contributed by atoms with Crippen LogP contribution in [-0.4, -0.2) is 21.5 Å². The van der Waals surface area contributed by atoms with Crippen molar-refractivity contribution in [3.63, 3.8) is 0 Å². The number of carbonyl (C=O) groups excluding carboxylic acids is 1. The second kappa shape index (κ2) is 8.67. The average molecular weight is 385 g/mol. The van der Waals surface area contributed by atoms with Gasteiger partial charge in [-0.05, 0) is 17.7 Å². The van der Waals surface area contributed by atoms with E-state index in [1.807, 2.05) is 72.8 Å². The number of benzene rings is 3. The average Bonchev–Trinajstić information content (AvgIpc) is 2.77. The number of anilines is 1. The Balaban J connectivity index is 1.54. The van der Waals surface area contributed by atoms with Gasteiger partial charge in [0.15, 0.2) is 10.9 Å². The van der Waals surface area contributed by atoms with Gasteiger partial charge in [0.25, 0.3) is 0 Å². The summed E-state index contributed by atoms with van der Waals surface area (Å²) in [6.07, 6.45) is 0. The molecule has 0 saturated heterocycles. The molecule has 1 aromatic heterocycles. The standard InChI is InChI=1S/C23H19N3OS/c27-21(18-11-5-2-6-12-18)16-28-23-25-20-14-8-7-13-19(20)22(26-23)24-15-17-9-3-1-4-10-17/h1-14H,15-16H2,(H,24,25,26). The van der Waals surface area contributed by atoms with Crippen LogP contribution in [0.4, 0.5) is 5.82 Å². The zero-order valence-corrected chi connectivity index (χ0v) is 16.0. The molecule has 1 N–H and O–H groups in total. The Morgan fingerprint density at radius 1 is 0.821 bits per heavy atom. The van der Waals surface area contributed by atoms with Gasteiger partial charge in [0.2, 0.25) is 0 Å². The Labute approximate surface area is 168 Å². The van der Waals surface area contributed by atoms with Gasteiger partial charge >= 0.3 is 0 Å². The van der Waals surface area contributed by atoms with Crippen LogP contribution in [0.3, 0.4) is 0 Å². The monoisotopic (exact) mass is 385 g/mol. The Morgan fingerprint density at radius 3 is 2.29 bits per heavy atom. The number of carbonyl (C=O) groups is 1. The van der Waals surface area contributed by atoms with E-state index in [2.05, 4.69) is 27.4 Å². The van der Waals surface area contributed by atoms with Crippen molar-refractivity contribution >= 4 is 34.3 Å². The van der Waals surface area contributed by atoms with Crippen molar-refractivity contribution in [2.45, 2.75) is 11.7 Å². The smallest absolute Gasteiger partial charge is 0.190 e. The molecule has 0 fully saturated rings. The van der Waals surface area contributed by atoms with E-state index in [9.17, 15) is 4.79 Å². The van der Waals surface area contributed by atoms with Crippen molar-refractivity contribution in [1.29, 1.82) is 0 Å². The fourth-order valence-electron chi connectivity index (χ4n) is 2.87. The number of para-hydroxylation sites is 1. The molecule has 4 nitrogen and oxygen atoms in total. The zero-order chi connectivity index (χ0) is 19.2. The highest BCUT2D eigenvalue weighted by Gasteiger charge is 2.11. The number of ketones is 1. The van der Waals surface area contributed by atoms with Crippen LogP contribution in [0, 0.1) is 0 Å². The van der Waals surface area contributed by atoms with E-state index in [1.165, 1.54) is 17.3 Å². The lowest BCUT2D eigenvalue weighted by atomic mass is 10.2. The molecule has 0 spiro atoms. The van der Waals surface area contributed by atoms with Crippen LogP contribution < -0.4 is 5.32 Å². The lowest BCUT2D eigenvalue weighted by Gasteiger charge is -2.11. The molecule has 5 heteroatoms. The van der Waals surface area contributed by atoms with Crippen molar-refractivity contribution in [3.05, 3.63) is 96.1 Å². The van der Waals surface area contributed by atoms with Gasteiger partial charge in [-0.3, -0.25) is 4.79 Å². The van der Waals surface area contributed by atoms with Crippen LogP contribution in [0.15, 0.2) is 90.1 Å². The molecule has 0 bridgehead atoms. The molecule has 0 aliphatic heterocycles. The Hall–Kier alpha value is -3.18. The third kappa shape index (κ3) is 4.38. The summed E-state index contributed by atoms with van der Waals surface area (Å²) in [6.45, 7) is 0.675. The predicted molar refractivity (Wildman–Crippen MR) is 115 cm³/mol. The second-order valence-corrected chi connectivity index (χ2v) is 7.23. The SMILES string of the molecule is O=C(CSc1nc(NCc2ccccc2)c2ccccc2n1)c1ccccc1. The van der Waals surface area contributed by atoms with Crippen molar-refractivity contribution in [3.8, 4) is 0 Å². The molecule has 0 aliphatic carbocycles.